The average Bonchev–Trinajstić information content (AvgIpc) is 3.52. The van der Waals surface area contributed by atoms with Gasteiger partial charge in [-0.05, 0) is 79.4 Å². The Hall–Kier alpha value is -0.560. The Morgan fingerprint density at radius 1 is 0.808 bits per heavy atom. The molecule has 14 heteroatoms. The lowest BCUT2D eigenvalue weighted by atomic mass is 9.41. The molecule has 0 bridgehead atoms. The van der Waals surface area contributed by atoms with E-state index in [1.165, 1.54) is 7.11 Å². The number of hydrogen-bond donors (Lipinski definition) is 9. The van der Waals surface area contributed by atoms with E-state index in [9.17, 15) is 46.0 Å². The Morgan fingerprint density at radius 3 is 2.13 bits per heavy atom. The van der Waals surface area contributed by atoms with Gasteiger partial charge in [0.05, 0.1) is 49.3 Å². The molecule has 2 heterocycles. The van der Waals surface area contributed by atoms with Gasteiger partial charge in [-0.3, -0.25) is 0 Å². The summed E-state index contributed by atoms with van der Waals surface area (Å²) >= 11 is 0. The van der Waals surface area contributed by atoms with Gasteiger partial charge in [-0.2, -0.15) is 0 Å². The Balaban J connectivity index is 1.14. The first-order valence-electron chi connectivity index (χ1n) is 19.6. The zero-order valence-electron chi connectivity index (χ0n) is 31.6. The van der Waals surface area contributed by atoms with Gasteiger partial charge >= 0.3 is 0 Å². The van der Waals surface area contributed by atoms with Gasteiger partial charge in [-0.25, -0.2) is 0 Å². The van der Waals surface area contributed by atoms with Crippen molar-refractivity contribution >= 4 is 0 Å². The fourth-order valence-electron chi connectivity index (χ4n) is 12.3. The zero-order valence-corrected chi connectivity index (χ0v) is 31.6. The molecule has 0 amide bonds. The summed E-state index contributed by atoms with van der Waals surface area (Å²) in [6, 6.07) is 0. The van der Waals surface area contributed by atoms with Gasteiger partial charge in [0.1, 0.15) is 36.6 Å². The summed E-state index contributed by atoms with van der Waals surface area (Å²) in [6.07, 6.45) is -8.22. The number of fused-ring (bicyclic) bond motifs is 5. The van der Waals surface area contributed by atoms with E-state index in [2.05, 4.69) is 13.8 Å². The smallest absolute Gasteiger partial charge is 0.186 e. The fourth-order valence-corrected chi connectivity index (χ4v) is 12.3. The van der Waals surface area contributed by atoms with Crippen molar-refractivity contribution in [2.24, 2.45) is 46.3 Å². The number of hydrogen-bond acceptors (Lipinski definition) is 14. The van der Waals surface area contributed by atoms with Crippen LogP contribution in [0.2, 0.25) is 0 Å². The maximum Gasteiger partial charge on any atom is 0.186 e. The van der Waals surface area contributed by atoms with Crippen molar-refractivity contribution in [3.05, 3.63) is 0 Å². The van der Waals surface area contributed by atoms with Gasteiger partial charge in [-0.15, -0.1) is 0 Å². The Morgan fingerprint density at radius 2 is 1.50 bits per heavy atom. The first kappa shape index (κ1) is 41.1. The molecule has 4 aliphatic carbocycles. The van der Waals surface area contributed by atoms with Crippen LogP contribution in [0.5, 0.6) is 0 Å². The molecule has 6 fully saturated rings. The zero-order chi connectivity index (χ0) is 38.1. The van der Waals surface area contributed by atoms with Gasteiger partial charge in [0.25, 0.3) is 0 Å². The van der Waals surface area contributed by atoms with Gasteiger partial charge in [0, 0.05) is 25.4 Å². The van der Waals surface area contributed by atoms with Crippen molar-refractivity contribution in [2.45, 2.75) is 171 Å². The van der Waals surface area contributed by atoms with Crippen LogP contribution in [-0.2, 0) is 23.7 Å². The molecule has 2 aliphatic heterocycles. The lowest BCUT2D eigenvalue weighted by molar-refractivity contribution is -0.320. The third-order valence-corrected chi connectivity index (χ3v) is 14.9. The molecule has 9 N–H and O–H groups in total. The molecule has 0 aromatic carbocycles. The molecule has 14 nitrogen and oxygen atoms in total. The average molecular weight is 747 g/mol. The van der Waals surface area contributed by atoms with Gasteiger partial charge in [0.15, 0.2) is 12.6 Å². The fraction of sp³-hybridized carbons (Fsp3) is 1.00. The van der Waals surface area contributed by atoms with E-state index in [1.807, 2.05) is 20.8 Å². The quantitative estimate of drug-likeness (QED) is 0.127. The molecule has 4 saturated carbocycles. The predicted octanol–water partition coefficient (Wildman–Crippen LogP) is 0.0474. The highest BCUT2D eigenvalue weighted by atomic mass is 16.7. The first-order valence-corrected chi connectivity index (χ1v) is 19.6. The van der Waals surface area contributed by atoms with Crippen LogP contribution in [0.1, 0.15) is 86.0 Å². The summed E-state index contributed by atoms with van der Waals surface area (Å²) in [5.74, 6) is -0.995. The summed E-state index contributed by atoms with van der Waals surface area (Å²) in [5, 5.41) is 98.9. The van der Waals surface area contributed by atoms with E-state index >= 15 is 0 Å². The SMILES string of the molecule is CO[C@H]1[C@H](O[C@H]2CC[C@@]3(C)C([C@H](O)C[C@@]4(O)[C@@H]5[C@@H](O)C[C@H]([C@H](C)CC[C@H](O[C@@H]6O[C@@H](CO)[C@H](O)[C@H]6O)C(C)C)[C@@]5(C)CC[C@@H]43)[C@H]2O)OC[C@@H](O)[C@@H]1O. The number of aliphatic hydroxyl groups excluding tert-OH is 8. The van der Waals surface area contributed by atoms with E-state index in [-0.39, 0.29) is 42.8 Å². The topological polar surface area (TPSA) is 228 Å². The Bertz CT molecular complexity index is 1210. The van der Waals surface area contributed by atoms with E-state index < -0.39 is 108 Å². The number of ether oxygens (including phenoxy) is 5. The number of aliphatic hydroxyl groups is 9. The Kier molecular flexibility index (Phi) is 12.2. The van der Waals surface area contributed by atoms with Crippen LogP contribution >= 0.6 is 0 Å². The second-order valence-electron chi connectivity index (χ2n) is 18.1. The monoisotopic (exact) mass is 746 g/mol. The van der Waals surface area contributed by atoms with Crippen molar-refractivity contribution < 1.29 is 69.6 Å². The minimum Gasteiger partial charge on any atom is -0.394 e. The maximum absolute atomic E-state index is 12.8. The second kappa shape index (κ2) is 15.4. The molecule has 0 aromatic heterocycles. The van der Waals surface area contributed by atoms with Crippen molar-refractivity contribution in [2.75, 3.05) is 20.3 Å². The molecule has 6 rings (SSSR count). The van der Waals surface area contributed by atoms with Crippen molar-refractivity contribution in [3.8, 4) is 0 Å². The maximum atomic E-state index is 12.8. The Labute approximate surface area is 307 Å². The van der Waals surface area contributed by atoms with Crippen LogP contribution in [-0.4, -0.2) is 152 Å². The molecule has 2 saturated heterocycles. The first-order chi connectivity index (χ1) is 24.4. The van der Waals surface area contributed by atoms with Crippen LogP contribution in [0, 0.1) is 46.3 Å². The largest absolute Gasteiger partial charge is 0.394 e. The van der Waals surface area contributed by atoms with Gasteiger partial charge in [-0.1, -0.05) is 34.6 Å². The summed E-state index contributed by atoms with van der Waals surface area (Å²) in [6.45, 7) is 9.90. The highest BCUT2D eigenvalue weighted by molar-refractivity contribution is 5.21. The molecule has 0 spiro atoms. The standard InChI is InChI=1S/C38H66O14/c1-17(2)23(50-34-31(46)30(45)25(15-39)52-34)8-7-18(3)19-13-20(40)33-36(19,4)12-10-26-37(5)11-9-24(29(44)27(37)21(41)14-38(26,33)47)51-35-32(48-6)28(43)22(42)16-49-35/h17-35,39-47H,7-16H2,1-6H3/t18-,19-,20+,21-,22-,23+,24+,25+,26-,27?,28+,29+,30+,31-,32-,33-,34-,35+,36-,37-,38+/m1/s1. The van der Waals surface area contributed by atoms with Gasteiger partial charge in [0.2, 0.25) is 0 Å². The van der Waals surface area contributed by atoms with E-state index in [1.54, 1.807) is 0 Å². The van der Waals surface area contributed by atoms with Crippen LogP contribution in [0.3, 0.4) is 0 Å². The molecule has 0 radical (unpaired) electrons. The normalized spacial score (nSPS) is 53.3. The van der Waals surface area contributed by atoms with E-state index in [4.69, 9.17) is 23.7 Å². The predicted molar refractivity (Wildman–Crippen MR) is 184 cm³/mol. The molecule has 302 valence electrons. The van der Waals surface area contributed by atoms with Crippen LogP contribution in [0.4, 0.5) is 0 Å². The molecule has 52 heavy (non-hydrogen) atoms. The molecule has 21 atom stereocenters. The highest BCUT2D eigenvalue weighted by Gasteiger charge is 2.72. The summed E-state index contributed by atoms with van der Waals surface area (Å²) in [4.78, 5) is 0. The summed E-state index contributed by atoms with van der Waals surface area (Å²) in [5.41, 5.74) is -2.39. The van der Waals surface area contributed by atoms with Crippen molar-refractivity contribution in [3.63, 3.8) is 0 Å². The lowest BCUT2D eigenvalue weighted by Gasteiger charge is -2.66. The minimum atomic E-state index is -1.35. The van der Waals surface area contributed by atoms with Gasteiger partial charge < -0.3 is 69.6 Å². The summed E-state index contributed by atoms with van der Waals surface area (Å²) in [7, 11) is 1.39. The van der Waals surface area contributed by atoms with Crippen LogP contribution in [0.25, 0.3) is 0 Å². The third kappa shape index (κ3) is 6.82. The lowest BCUT2D eigenvalue weighted by Crippen LogP contribution is -2.71. The number of methoxy groups -OCH3 is 1. The molecule has 1 unspecified atom stereocenters. The third-order valence-electron chi connectivity index (χ3n) is 14.9. The van der Waals surface area contributed by atoms with Crippen LogP contribution in [0.15, 0.2) is 0 Å². The van der Waals surface area contributed by atoms with E-state index in [0.717, 1.165) is 12.8 Å². The number of rotatable bonds is 11. The second-order valence-corrected chi connectivity index (χ2v) is 18.1. The molecule has 6 aliphatic rings. The molecular weight excluding hydrogens is 680 g/mol. The summed E-state index contributed by atoms with van der Waals surface area (Å²) < 4.78 is 29.0. The highest BCUT2D eigenvalue weighted by Crippen LogP contribution is 2.70. The van der Waals surface area contributed by atoms with Crippen LogP contribution < -0.4 is 0 Å². The van der Waals surface area contributed by atoms with Crippen molar-refractivity contribution in [1.29, 1.82) is 0 Å². The van der Waals surface area contributed by atoms with E-state index in [0.29, 0.717) is 32.1 Å². The molecule has 0 aromatic rings. The van der Waals surface area contributed by atoms with Crippen molar-refractivity contribution in [1.82, 2.24) is 0 Å². The molecular formula is C38H66O14. The minimum absolute atomic E-state index is 0.0271.